The summed E-state index contributed by atoms with van der Waals surface area (Å²) < 4.78 is 2.14. The lowest BCUT2D eigenvalue weighted by Crippen LogP contribution is -2.39. The summed E-state index contributed by atoms with van der Waals surface area (Å²) >= 11 is 0. The molecule has 3 nitrogen and oxygen atoms in total. The number of aryl methyl sites for hydroxylation is 1. The number of anilines is 1. The lowest BCUT2D eigenvalue weighted by atomic mass is 10.1. The van der Waals surface area contributed by atoms with Crippen LogP contribution in [0.5, 0.6) is 0 Å². The Kier molecular flexibility index (Phi) is 2.41. The third-order valence-corrected chi connectivity index (χ3v) is 3.07. The zero-order valence-electron chi connectivity index (χ0n) is 10.7. The zero-order valence-corrected chi connectivity index (χ0v) is 10.7. The number of hydrogen-bond acceptors (Lipinski definition) is 2. The van der Waals surface area contributed by atoms with E-state index in [1.54, 1.807) is 0 Å². The van der Waals surface area contributed by atoms with Crippen LogP contribution in [0.4, 0.5) is 5.95 Å². The largest absolute Gasteiger partial charge is 0.340 e. The number of imidazole rings is 1. The Hall–Kier alpha value is -1.51. The van der Waals surface area contributed by atoms with E-state index in [0.29, 0.717) is 0 Å². The molecule has 0 amide bonds. The van der Waals surface area contributed by atoms with Gasteiger partial charge in [0.1, 0.15) is 0 Å². The second-order valence-corrected chi connectivity index (χ2v) is 5.19. The molecule has 0 aliphatic rings. The van der Waals surface area contributed by atoms with E-state index in [-0.39, 0.29) is 5.54 Å². The molecule has 16 heavy (non-hydrogen) atoms. The topological polar surface area (TPSA) is 21.1 Å². The average Bonchev–Trinajstić information content (AvgIpc) is 2.54. The SMILES string of the molecule is CN(c1nc2ccccc2n1C)C(C)(C)C. The highest BCUT2D eigenvalue weighted by Crippen LogP contribution is 2.24. The summed E-state index contributed by atoms with van der Waals surface area (Å²) in [6, 6.07) is 8.22. The standard InChI is InChI=1S/C13H19N3/c1-13(2,3)16(5)12-14-10-8-6-7-9-11(10)15(12)4/h6-9H,1-5H3. The predicted molar refractivity (Wildman–Crippen MR) is 68.9 cm³/mol. The summed E-state index contributed by atoms with van der Waals surface area (Å²) in [5.74, 6) is 1.01. The minimum Gasteiger partial charge on any atom is -0.340 e. The third-order valence-electron chi connectivity index (χ3n) is 3.07. The molecule has 0 N–H and O–H groups in total. The molecule has 0 radical (unpaired) electrons. The summed E-state index contributed by atoms with van der Waals surface area (Å²) in [5.41, 5.74) is 2.31. The van der Waals surface area contributed by atoms with Crippen molar-refractivity contribution in [3.8, 4) is 0 Å². The van der Waals surface area contributed by atoms with Crippen molar-refractivity contribution < 1.29 is 0 Å². The van der Waals surface area contributed by atoms with Gasteiger partial charge in [-0.05, 0) is 32.9 Å². The van der Waals surface area contributed by atoms with Gasteiger partial charge in [0.2, 0.25) is 5.95 Å². The zero-order chi connectivity index (χ0) is 11.9. The number of fused-ring (bicyclic) bond motifs is 1. The molecule has 86 valence electrons. The molecule has 0 aliphatic carbocycles. The van der Waals surface area contributed by atoms with Gasteiger partial charge in [-0.25, -0.2) is 4.98 Å². The van der Waals surface area contributed by atoms with Gasteiger partial charge in [-0.15, -0.1) is 0 Å². The van der Waals surface area contributed by atoms with Gasteiger partial charge in [0.25, 0.3) is 0 Å². The fourth-order valence-electron chi connectivity index (χ4n) is 1.73. The Bertz CT molecular complexity index is 505. The molecule has 0 fully saturated rings. The molecule has 0 aliphatic heterocycles. The highest BCUT2D eigenvalue weighted by atomic mass is 15.3. The van der Waals surface area contributed by atoms with Crippen molar-refractivity contribution in [1.29, 1.82) is 0 Å². The first-order chi connectivity index (χ1) is 7.41. The maximum atomic E-state index is 4.67. The van der Waals surface area contributed by atoms with E-state index in [0.717, 1.165) is 11.5 Å². The molecule has 0 spiro atoms. The Morgan fingerprint density at radius 3 is 2.38 bits per heavy atom. The average molecular weight is 217 g/mol. The van der Waals surface area contributed by atoms with Gasteiger partial charge >= 0.3 is 0 Å². The number of benzene rings is 1. The van der Waals surface area contributed by atoms with E-state index >= 15 is 0 Å². The Balaban J connectivity index is 2.58. The van der Waals surface area contributed by atoms with Crippen molar-refractivity contribution >= 4 is 17.0 Å². The van der Waals surface area contributed by atoms with E-state index in [4.69, 9.17) is 0 Å². The molecule has 0 saturated carbocycles. The Labute approximate surface area is 96.7 Å². The Morgan fingerprint density at radius 1 is 1.19 bits per heavy atom. The lowest BCUT2D eigenvalue weighted by molar-refractivity contribution is 0.523. The highest BCUT2D eigenvalue weighted by Gasteiger charge is 2.21. The van der Waals surface area contributed by atoms with Crippen LogP contribution in [0.15, 0.2) is 24.3 Å². The van der Waals surface area contributed by atoms with Gasteiger partial charge in [-0.1, -0.05) is 12.1 Å². The molecular formula is C13H19N3. The van der Waals surface area contributed by atoms with Crippen molar-refractivity contribution in [1.82, 2.24) is 9.55 Å². The van der Waals surface area contributed by atoms with E-state index in [2.05, 4.69) is 61.5 Å². The summed E-state index contributed by atoms with van der Waals surface area (Å²) in [7, 11) is 4.15. The van der Waals surface area contributed by atoms with Crippen LogP contribution >= 0.6 is 0 Å². The predicted octanol–water partition coefficient (Wildman–Crippen LogP) is 2.81. The minimum absolute atomic E-state index is 0.0785. The maximum absolute atomic E-state index is 4.67. The molecule has 1 aromatic heterocycles. The molecule has 1 aromatic carbocycles. The molecule has 0 bridgehead atoms. The molecule has 2 aromatic rings. The van der Waals surface area contributed by atoms with Gasteiger partial charge in [0, 0.05) is 19.6 Å². The summed E-state index contributed by atoms with van der Waals surface area (Å²) in [6.07, 6.45) is 0. The lowest BCUT2D eigenvalue weighted by Gasteiger charge is -2.32. The van der Waals surface area contributed by atoms with Crippen LogP contribution < -0.4 is 4.90 Å². The van der Waals surface area contributed by atoms with Crippen molar-refractivity contribution in [2.45, 2.75) is 26.3 Å². The maximum Gasteiger partial charge on any atom is 0.206 e. The van der Waals surface area contributed by atoms with E-state index < -0.39 is 0 Å². The van der Waals surface area contributed by atoms with Crippen molar-refractivity contribution in [2.75, 3.05) is 11.9 Å². The summed E-state index contributed by atoms with van der Waals surface area (Å²) in [6.45, 7) is 6.56. The van der Waals surface area contributed by atoms with Crippen LogP contribution in [0, 0.1) is 0 Å². The van der Waals surface area contributed by atoms with E-state index in [1.807, 2.05) is 12.1 Å². The van der Waals surface area contributed by atoms with Gasteiger partial charge in [-0.3, -0.25) is 0 Å². The molecular weight excluding hydrogens is 198 g/mol. The quantitative estimate of drug-likeness (QED) is 0.732. The molecule has 2 rings (SSSR count). The van der Waals surface area contributed by atoms with Crippen LogP contribution in [-0.2, 0) is 7.05 Å². The third kappa shape index (κ3) is 1.66. The number of rotatable bonds is 1. The van der Waals surface area contributed by atoms with E-state index in [1.165, 1.54) is 5.52 Å². The van der Waals surface area contributed by atoms with Gasteiger partial charge in [0.05, 0.1) is 11.0 Å². The number of aromatic nitrogens is 2. The van der Waals surface area contributed by atoms with Gasteiger partial charge in [0.15, 0.2) is 0 Å². The molecule has 0 saturated heterocycles. The Morgan fingerprint density at radius 2 is 1.81 bits per heavy atom. The monoisotopic (exact) mass is 217 g/mol. The van der Waals surface area contributed by atoms with E-state index in [9.17, 15) is 0 Å². The van der Waals surface area contributed by atoms with Gasteiger partial charge in [-0.2, -0.15) is 0 Å². The second kappa shape index (κ2) is 3.51. The van der Waals surface area contributed by atoms with Gasteiger partial charge < -0.3 is 9.47 Å². The molecule has 3 heteroatoms. The van der Waals surface area contributed by atoms with Crippen molar-refractivity contribution in [3.63, 3.8) is 0 Å². The first-order valence-electron chi connectivity index (χ1n) is 5.56. The second-order valence-electron chi connectivity index (χ2n) is 5.19. The fourth-order valence-corrected chi connectivity index (χ4v) is 1.73. The molecule has 1 heterocycles. The van der Waals surface area contributed by atoms with Crippen LogP contribution in [0.25, 0.3) is 11.0 Å². The van der Waals surface area contributed by atoms with Crippen LogP contribution in [-0.4, -0.2) is 22.1 Å². The summed E-state index contributed by atoms with van der Waals surface area (Å²) in [5, 5.41) is 0. The van der Waals surface area contributed by atoms with Crippen LogP contribution in [0.1, 0.15) is 20.8 Å². The van der Waals surface area contributed by atoms with Crippen molar-refractivity contribution in [3.05, 3.63) is 24.3 Å². The normalized spacial score (nSPS) is 12.1. The number of hydrogen-bond donors (Lipinski definition) is 0. The molecule has 0 unspecified atom stereocenters. The fraction of sp³-hybridized carbons (Fsp3) is 0.462. The molecule has 0 atom stereocenters. The highest BCUT2D eigenvalue weighted by molar-refractivity contribution is 5.78. The number of para-hydroxylation sites is 2. The first-order valence-corrected chi connectivity index (χ1v) is 5.56. The smallest absolute Gasteiger partial charge is 0.206 e. The van der Waals surface area contributed by atoms with Crippen LogP contribution in [0.2, 0.25) is 0 Å². The minimum atomic E-state index is 0.0785. The van der Waals surface area contributed by atoms with Crippen molar-refractivity contribution in [2.24, 2.45) is 7.05 Å². The number of nitrogens with zero attached hydrogens (tertiary/aromatic N) is 3. The summed E-state index contributed by atoms with van der Waals surface area (Å²) in [4.78, 5) is 6.87. The van der Waals surface area contributed by atoms with Crippen LogP contribution in [0.3, 0.4) is 0 Å². The first kappa shape index (κ1) is 11.0.